The van der Waals surface area contributed by atoms with Crippen molar-refractivity contribution in [3.63, 3.8) is 0 Å². The molecule has 0 heterocycles. The Balaban J connectivity index is 2.25. The van der Waals surface area contributed by atoms with E-state index in [9.17, 15) is 41.1 Å². The van der Waals surface area contributed by atoms with Crippen molar-refractivity contribution in [2.24, 2.45) is 5.92 Å². The van der Waals surface area contributed by atoms with Crippen LogP contribution in [-0.4, -0.2) is 54.2 Å². The second kappa shape index (κ2) is 14.4. The molecule has 0 aromatic heterocycles. The molecule has 3 amide bonds. The molecular formula is C27H26Cl2F5N3O4. The predicted octanol–water partition coefficient (Wildman–Crippen LogP) is 4.76. The third-order valence-electron chi connectivity index (χ3n) is 5.52. The van der Waals surface area contributed by atoms with Crippen LogP contribution in [0, 0.1) is 5.92 Å². The lowest BCUT2D eigenvalue weighted by Crippen LogP contribution is -2.59. The number of benzene rings is 2. The highest BCUT2D eigenvalue weighted by atomic mass is 35.5. The maximum atomic E-state index is 14.5. The fourth-order valence-corrected chi connectivity index (χ4v) is 4.05. The molecule has 222 valence electrons. The zero-order chi connectivity index (χ0) is 31.0. The van der Waals surface area contributed by atoms with Gasteiger partial charge < -0.3 is 16.0 Å². The highest BCUT2D eigenvalue weighted by Crippen LogP contribution is 2.22. The maximum Gasteiger partial charge on any atom is 0.405 e. The fraction of sp³-hybridized carbons (Fsp3) is 0.333. The molecule has 0 bridgehead atoms. The number of alkyl halides is 5. The summed E-state index contributed by atoms with van der Waals surface area (Å²) in [7, 11) is 0. The molecule has 2 aromatic rings. The van der Waals surface area contributed by atoms with Gasteiger partial charge in [0.25, 0.3) is 5.91 Å². The van der Waals surface area contributed by atoms with E-state index in [2.05, 4.69) is 10.6 Å². The van der Waals surface area contributed by atoms with Gasteiger partial charge in [0.05, 0.1) is 6.04 Å². The molecule has 14 heteroatoms. The van der Waals surface area contributed by atoms with E-state index in [1.54, 1.807) is 30.3 Å². The molecule has 0 aliphatic rings. The summed E-state index contributed by atoms with van der Waals surface area (Å²) in [5.41, 5.74) is 1.04. The largest absolute Gasteiger partial charge is 0.405 e. The molecule has 2 rings (SSSR count). The summed E-state index contributed by atoms with van der Waals surface area (Å²) >= 11 is 11.9. The summed E-state index contributed by atoms with van der Waals surface area (Å²) in [6, 6.07) is 9.48. The van der Waals surface area contributed by atoms with Crippen molar-refractivity contribution in [2.45, 2.75) is 44.5 Å². The average molecular weight is 622 g/mol. The van der Waals surface area contributed by atoms with Crippen molar-refractivity contribution in [1.29, 1.82) is 0 Å². The predicted molar refractivity (Wildman–Crippen MR) is 143 cm³/mol. The maximum absolute atomic E-state index is 14.5. The Morgan fingerprint density at radius 2 is 1.49 bits per heavy atom. The van der Waals surface area contributed by atoms with Gasteiger partial charge in [-0.25, -0.2) is 0 Å². The van der Waals surface area contributed by atoms with Crippen LogP contribution in [-0.2, 0) is 25.6 Å². The standard InChI is InChI=1S/C27H26Cl2F5N3O4/c1-15(2)22(23(39)27(33,34)25(41)35-14-26(30,31)32)37-24(40)20(12-16-6-4-3-5-7-16)36-21(38)9-8-17-10-18(28)13-19(29)11-17/h3-11,13,15,20,22H,12,14H2,1-2H3,(H,35,41)(H,36,38)(H,37,40)/b9-8+/t20?,22-/m0/s1. The first-order valence-electron chi connectivity index (χ1n) is 12.1. The first kappa shape index (κ1) is 33.7. The first-order chi connectivity index (χ1) is 19.0. The smallest absolute Gasteiger partial charge is 0.344 e. The molecule has 7 nitrogen and oxygen atoms in total. The van der Waals surface area contributed by atoms with Gasteiger partial charge in [-0.15, -0.1) is 0 Å². The normalized spacial score (nSPS) is 13.5. The second-order valence-electron chi connectivity index (χ2n) is 9.25. The average Bonchev–Trinajstić information content (AvgIpc) is 2.87. The molecule has 3 N–H and O–H groups in total. The van der Waals surface area contributed by atoms with E-state index in [4.69, 9.17) is 23.2 Å². The van der Waals surface area contributed by atoms with E-state index in [-0.39, 0.29) is 6.42 Å². The summed E-state index contributed by atoms with van der Waals surface area (Å²) in [4.78, 5) is 50.2. The van der Waals surface area contributed by atoms with Crippen molar-refractivity contribution in [3.05, 3.63) is 75.8 Å². The minimum Gasteiger partial charge on any atom is -0.344 e. The SMILES string of the molecule is CC(C)[C@H](NC(=O)C(Cc1ccccc1)NC(=O)/C=C/c1cc(Cl)cc(Cl)c1)C(=O)C(F)(F)C(=O)NCC(F)(F)F. The van der Waals surface area contributed by atoms with E-state index in [0.717, 1.165) is 11.4 Å². The van der Waals surface area contributed by atoms with Crippen LogP contribution in [0.5, 0.6) is 0 Å². The van der Waals surface area contributed by atoms with Crippen molar-refractivity contribution in [2.75, 3.05) is 6.54 Å². The van der Waals surface area contributed by atoms with Gasteiger partial charge in [-0.2, -0.15) is 22.0 Å². The van der Waals surface area contributed by atoms with E-state index in [1.807, 2.05) is 0 Å². The third-order valence-corrected chi connectivity index (χ3v) is 5.96. The number of hydrogen-bond acceptors (Lipinski definition) is 4. The Bertz CT molecular complexity index is 1270. The highest BCUT2D eigenvalue weighted by Gasteiger charge is 2.52. The molecule has 2 atom stereocenters. The van der Waals surface area contributed by atoms with Crippen LogP contribution in [0.4, 0.5) is 22.0 Å². The molecule has 0 fully saturated rings. The lowest BCUT2D eigenvalue weighted by atomic mass is 9.94. The van der Waals surface area contributed by atoms with E-state index < -0.39 is 60.1 Å². The molecule has 0 aliphatic carbocycles. The molecule has 0 aliphatic heterocycles. The zero-order valence-electron chi connectivity index (χ0n) is 21.7. The lowest BCUT2D eigenvalue weighted by Gasteiger charge is -2.27. The minimum atomic E-state index is -4.99. The van der Waals surface area contributed by atoms with E-state index >= 15 is 0 Å². The molecule has 2 aromatic carbocycles. The Morgan fingerprint density at radius 1 is 0.902 bits per heavy atom. The number of carbonyl (C=O) groups excluding carboxylic acids is 4. The van der Waals surface area contributed by atoms with Crippen molar-refractivity contribution < 1.29 is 41.1 Å². The van der Waals surface area contributed by atoms with E-state index in [1.165, 1.54) is 38.1 Å². The van der Waals surface area contributed by atoms with Crippen LogP contribution < -0.4 is 16.0 Å². The van der Waals surface area contributed by atoms with Gasteiger partial charge in [-0.1, -0.05) is 67.4 Å². The fourth-order valence-electron chi connectivity index (χ4n) is 3.51. The van der Waals surface area contributed by atoms with Gasteiger partial charge in [-0.3, -0.25) is 19.2 Å². The van der Waals surface area contributed by atoms with Gasteiger partial charge >= 0.3 is 12.1 Å². The number of amides is 3. The number of rotatable bonds is 12. The molecule has 0 saturated carbocycles. The minimum absolute atomic E-state index is 0.114. The molecule has 0 radical (unpaired) electrons. The number of hydrogen-bond donors (Lipinski definition) is 3. The van der Waals surface area contributed by atoms with Crippen molar-refractivity contribution in [1.82, 2.24) is 16.0 Å². The van der Waals surface area contributed by atoms with Crippen LogP contribution in [0.3, 0.4) is 0 Å². The summed E-state index contributed by atoms with van der Waals surface area (Å²) in [6.45, 7) is 0.500. The summed E-state index contributed by atoms with van der Waals surface area (Å²) in [6.07, 6.45) is -2.66. The summed E-state index contributed by atoms with van der Waals surface area (Å²) < 4.78 is 66.2. The molecular weight excluding hydrogens is 596 g/mol. The Labute approximate surface area is 242 Å². The number of ketones is 1. The summed E-state index contributed by atoms with van der Waals surface area (Å²) in [5, 5.41) is 6.16. The van der Waals surface area contributed by atoms with Gasteiger partial charge in [0.1, 0.15) is 12.6 Å². The molecule has 0 saturated heterocycles. The van der Waals surface area contributed by atoms with Gasteiger partial charge in [0.15, 0.2) is 0 Å². The Kier molecular flexibility index (Phi) is 11.8. The van der Waals surface area contributed by atoms with Crippen LogP contribution in [0.25, 0.3) is 6.08 Å². The number of halogens is 7. The number of carbonyl (C=O) groups is 4. The lowest BCUT2D eigenvalue weighted by molar-refractivity contribution is -0.165. The second-order valence-corrected chi connectivity index (χ2v) is 10.1. The highest BCUT2D eigenvalue weighted by molar-refractivity contribution is 6.34. The van der Waals surface area contributed by atoms with E-state index in [0.29, 0.717) is 21.2 Å². The topological polar surface area (TPSA) is 104 Å². The monoisotopic (exact) mass is 621 g/mol. The van der Waals surface area contributed by atoms with Crippen LogP contribution in [0.1, 0.15) is 25.0 Å². The molecule has 1 unspecified atom stereocenters. The van der Waals surface area contributed by atoms with Gasteiger partial charge in [-0.05, 0) is 41.3 Å². The Morgan fingerprint density at radius 3 is 2.02 bits per heavy atom. The van der Waals surface area contributed by atoms with Crippen LogP contribution >= 0.6 is 23.2 Å². The molecule has 0 spiro atoms. The van der Waals surface area contributed by atoms with Crippen molar-refractivity contribution in [3.8, 4) is 0 Å². The van der Waals surface area contributed by atoms with Gasteiger partial charge in [0, 0.05) is 22.5 Å². The van der Waals surface area contributed by atoms with Gasteiger partial charge in [0.2, 0.25) is 17.6 Å². The zero-order valence-corrected chi connectivity index (χ0v) is 23.2. The summed E-state index contributed by atoms with van der Waals surface area (Å²) in [5.74, 6) is -12.3. The first-order valence-corrected chi connectivity index (χ1v) is 12.8. The Hall–Kier alpha value is -3.51. The van der Waals surface area contributed by atoms with Crippen molar-refractivity contribution >= 4 is 52.8 Å². The quantitative estimate of drug-likeness (QED) is 0.181. The van der Waals surface area contributed by atoms with Crippen LogP contribution in [0.15, 0.2) is 54.6 Å². The molecule has 41 heavy (non-hydrogen) atoms. The number of Topliss-reactive ketones (excluding diaryl/α,β-unsaturated/α-hetero) is 1. The number of nitrogens with one attached hydrogen (secondary N) is 3. The third kappa shape index (κ3) is 10.8. The van der Waals surface area contributed by atoms with Crippen LogP contribution in [0.2, 0.25) is 10.0 Å².